The molecule has 2 atom stereocenters. The maximum absolute atomic E-state index is 13.9. The average molecular weight is 385 g/mol. The molecule has 2 aliphatic carbocycles. The zero-order valence-corrected chi connectivity index (χ0v) is 16.8. The van der Waals surface area contributed by atoms with Crippen molar-refractivity contribution in [1.29, 1.82) is 0 Å². The third kappa shape index (κ3) is 4.38. The number of halogens is 1. The third-order valence-electron chi connectivity index (χ3n) is 6.93. The summed E-state index contributed by atoms with van der Waals surface area (Å²) < 4.78 is 20.2. The molecular weight excluding hydrogens is 351 g/mol. The molecule has 28 heavy (non-hydrogen) atoms. The smallest absolute Gasteiger partial charge is 0.125 e. The van der Waals surface area contributed by atoms with Crippen molar-refractivity contribution >= 4 is 0 Å². The zero-order chi connectivity index (χ0) is 19.3. The lowest BCUT2D eigenvalue weighted by molar-refractivity contribution is -0.104. The minimum Gasteiger partial charge on any atom is -0.375 e. The van der Waals surface area contributed by atoms with Gasteiger partial charge >= 0.3 is 0 Å². The Morgan fingerprint density at radius 1 is 1.18 bits per heavy atom. The molecule has 152 valence electrons. The molecule has 3 nitrogen and oxygen atoms in total. The second-order valence-corrected chi connectivity index (χ2v) is 8.78. The molecule has 1 unspecified atom stereocenters. The maximum Gasteiger partial charge on any atom is 0.125 e. The van der Waals surface area contributed by atoms with Crippen LogP contribution in [0, 0.1) is 0 Å². The van der Waals surface area contributed by atoms with E-state index in [1.165, 1.54) is 31.4 Å². The van der Waals surface area contributed by atoms with E-state index in [1.54, 1.807) is 0 Å². The van der Waals surface area contributed by atoms with Crippen LogP contribution in [0.25, 0.3) is 0 Å². The highest BCUT2D eigenvalue weighted by atomic mass is 19.1. The summed E-state index contributed by atoms with van der Waals surface area (Å²) in [5.74, 6) is 0. The summed E-state index contributed by atoms with van der Waals surface area (Å²) in [6.07, 6.45) is 16.4. The molecule has 1 aliphatic heterocycles. The van der Waals surface area contributed by atoms with Gasteiger partial charge in [0, 0.05) is 30.3 Å². The first kappa shape index (κ1) is 19.8. The molecule has 1 N–H and O–H groups in total. The van der Waals surface area contributed by atoms with Crippen molar-refractivity contribution in [2.75, 3.05) is 19.7 Å². The van der Waals surface area contributed by atoms with Crippen LogP contribution in [-0.4, -0.2) is 36.5 Å². The Hall–Kier alpha value is -1.52. The minimum absolute atomic E-state index is 0.0659. The van der Waals surface area contributed by atoms with Gasteiger partial charge in [0.1, 0.15) is 6.17 Å². The number of alkyl halides is 1. The quantitative estimate of drug-likeness (QED) is 0.669. The monoisotopic (exact) mass is 384 g/mol. The molecule has 1 saturated heterocycles. The summed E-state index contributed by atoms with van der Waals surface area (Å²) in [6, 6.07) is 6.30. The van der Waals surface area contributed by atoms with Gasteiger partial charge in [-0.2, -0.15) is 0 Å². The van der Waals surface area contributed by atoms with Gasteiger partial charge in [-0.05, 0) is 69.3 Å². The van der Waals surface area contributed by atoms with Crippen LogP contribution in [0.1, 0.15) is 63.5 Å². The van der Waals surface area contributed by atoms with Gasteiger partial charge in [-0.15, -0.1) is 0 Å². The second-order valence-electron chi connectivity index (χ2n) is 8.78. The Bertz CT molecular complexity index is 696. The molecule has 1 spiro atoms. The third-order valence-corrected chi connectivity index (χ3v) is 6.93. The van der Waals surface area contributed by atoms with Crippen molar-refractivity contribution in [3.63, 3.8) is 0 Å². The summed E-state index contributed by atoms with van der Waals surface area (Å²) in [5, 5.41) is 3.57. The first-order valence-corrected chi connectivity index (χ1v) is 11.0. The molecule has 3 aliphatic rings. The average Bonchev–Trinajstić information content (AvgIpc) is 3.17. The Balaban J connectivity index is 1.38. The van der Waals surface area contributed by atoms with Gasteiger partial charge in [0.25, 0.3) is 0 Å². The Labute approximate surface area is 168 Å². The fourth-order valence-corrected chi connectivity index (χ4v) is 5.37. The van der Waals surface area contributed by atoms with E-state index in [0.717, 1.165) is 51.0 Å². The highest BCUT2D eigenvalue weighted by Gasteiger charge is 2.48. The number of hydrogen-bond acceptors (Lipinski definition) is 3. The van der Waals surface area contributed by atoms with E-state index in [9.17, 15) is 4.39 Å². The Morgan fingerprint density at radius 3 is 2.86 bits per heavy atom. The maximum atomic E-state index is 13.9. The van der Waals surface area contributed by atoms with Gasteiger partial charge in [-0.25, -0.2) is 4.39 Å². The normalized spacial score (nSPS) is 29.2. The topological polar surface area (TPSA) is 34.2 Å². The first-order valence-electron chi connectivity index (χ1n) is 11.0. The number of ether oxygens (including phenoxy) is 1. The van der Waals surface area contributed by atoms with E-state index in [2.05, 4.69) is 17.4 Å². The molecule has 4 rings (SSSR count). The van der Waals surface area contributed by atoms with Crippen LogP contribution in [0.2, 0.25) is 0 Å². The van der Waals surface area contributed by atoms with Crippen LogP contribution in [0.15, 0.2) is 48.2 Å². The molecule has 2 fully saturated rings. The van der Waals surface area contributed by atoms with Gasteiger partial charge in [0.2, 0.25) is 0 Å². The molecule has 2 heterocycles. The molecule has 1 aromatic rings. The van der Waals surface area contributed by atoms with Crippen molar-refractivity contribution in [1.82, 2.24) is 10.3 Å². The minimum atomic E-state index is -0.802. The molecule has 0 aromatic carbocycles. The summed E-state index contributed by atoms with van der Waals surface area (Å²) in [7, 11) is 0. The molecule has 1 saturated carbocycles. The number of rotatable bonds is 7. The van der Waals surface area contributed by atoms with Gasteiger partial charge < -0.3 is 10.1 Å². The SMILES string of the molecule is FC1CC=CC=C1CCNCC[C@@]1(c2ccccn2)CCOC2(CCCC2)C1. The lowest BCUT2D eigenvalue weighted by Crippen LogP contribution is -2.47. The molecule has 1 aromatic heterocycles. The number of pyridine rings is 1. The van der Waals surface area contributed by atoms with Crippen LogP contribution in [0.4, 0.5) is 4.39 Å². The lowest BCUT2D eigenvalue weighted by Gasteiger charge is -2.46. The molecule has 0 bridgehead atoms. The van der Waals surface area contributed by atoms with Crippen LogP contribution in [0.3, 0.4) is 0 Å². The largest absolute Gasteiger partial charge is 0.375 e. The summed E-state index contributed by atoms with van der Waals surface area (Å²) in [4.78, 5) is 4.76. The van der Waals surface area contributed by atoms with E-state index >= 15 is 0 Å². The predicted molar refractivity (Wildman–Crippen MR) is 111 cm³/mol. The van der Waals surface area contributed by atoms with Crippen molar-refractivity contribution < 1.29 is 9.13 Å². The number of nitrogens with zero attached hydrogens (tertiary/aromatic N) is 1. The number of nitrogens with one attached hydrogen (secondary N) is 1. The second kappa shape index (κ2) is 8.87. The number of allylic oxidation sites excluding steroid dienone is 3. The summed E-state index contributed by atoms with van der Waals surface area (Å²) in [6.45, 7) is 2.60. The van der Waals surface area contributed by atoms with E-state index in [1.807, 2.05) is 30.5 Å². The number of hydrogen-bond donors (Lipinski definition) is 1. The standard InChI is InChI=1S/C24H33FN2O/c25-21-8-2-1-7-20(21)10-16-26-17-13-23(22-9-3-6-15-27-22)14-18-28-24(19-23)11-4-5-12-24/h1-3,6-7,9,15,21,26H,4-5,8,10-14,16-19H2/t21?,23-/m1/s1. The Kier molecular flexibility index (Phi) is 6.27. The zero-order valence-electron chi connectivity index (χ0n) is 16.8. The Morgan fingerprint density at radius 2 is 2.07 bits per heavy atom. The van der Waals surface area contributed by atoms with Crippen molar-refractivity contribution in [2.24, 2.45) is 0 Å². The fourth-order valence-electron chi connectivity index (χ4n) is 5.37. The lowest BCUT2D eigenvalue weighted by atomic mass is 9.68. The predicted octanol–water partition coefficient (Wildman–Crippen LogP) is 5.04. The highest BCUT2D eigenvalue weighted by molar-refractivity contribution is 5.23. The van der Waals surface area contributed by atoms with Crippen LogP contribution < -0.4 is 5.32 Å². The van der Waals surface area contributed by atoms with Gasteiger partial charge in [-0.3, -0.25) is 4.98 Å². The molecule has 0 radical (unpaired) electrons. The fraction of sp³-hybridized carbons (Fsp3) is 0.625. The van der Waals surface area contributed by atoms with Gasteiger partial charge in [0.05, 0.1) is 5.60 Å². The van der Waals surface area contributed by atoms with Crippen molar-refractivity contribution in [3.05, 3.63) is 53.9 Å². The van der Waals surface area contributed by atoms with E-state index < -0.39 is 6.17 Å². The number of aromatic nitrogens is 1. The van der Waals surface area contributed by atoms with E-state index in [-0.39, 0.29) is 11.0 Å². The van der Waals surface area contributed by atoms with Crippen molar-refractivity contribution in [2.45, 2.75) is 75.0 Å². The van der Waals surface area contributed by atoms with E-state index in [4.69, 9.17) is 9.72 Å². The molecular formula is C24H33FN2O. The molecule has 0 amide bonds. The highest BCUT2D eigenvalue weighted by Crippen LogP contribution is 2.49. The molecule has 4 heteroatoms. The van der Waals surface area contributed by atoms with Crippen LogP contribution in [-0.2, 0) is 10.2 Å². The summed E-state index contributed by atoms with van der Waals surface area (Å²) in [5.41, 5.74) is 2.30. The van der Waals surface area contributed by atoms with E-state index in [0.29, 0.717) is 6.42 Å². The summed E-state index contributed by atoms with van der Waals surface area (Å²) >= 11 is 0. The first-order chi connectivity index (χ1) is 13.7. The van der Waals surface area contributed by atoms with Crippen LogP contribution in [0.5, 0.6) is 0 Å². The van der Waals surface area contributed by atoms with Gasteiger partial charge in [0.15, 0.2) is 0 Å². The van der Waals surface area contributed by atoms with Crippen molar-refractivity contribution in [3.8, 4) is 0 Å². The van der Waals surface area contributed by atoms with Gasteiger partial charge in [-0.1, -0.05) is 37.1 Å². The van der Waals surface area contributed by atoms with Crippen LogP contribution >= 0.6 is 0 Å².